The lowest BCUT2D eigenvalue weighted by Gasteiger charge is -2.38. The molecular formula is C11H18F2N2O2. The third-order valence-corrected chi connectivity index (χ3v) is 3.39. The Hall–Kier alpha value is -0.750. The molecular weight excluding hydrogens is 230 g/mol. The standard InChI is InChI=1S/C11H18F2N2O2/c1-7-5-15(8(2)4-14-7)6-9-3-11(12,13)10(16)17-9/h7-9,14H,3-6H2,1-2H3. The van der Waals surface area contributed by atoms with E-state index < -0.39 is 24.4 Å². The minimum atomic E-state index is -3.30. The van der Waals surface area contributed by atoms with Gasteiger partial charge in [0.05, 0.1) is 6.42 Å². The lowest BCUT2D eigenvalue weighted by molar-refractivity contribution is -0.159. The monoisotopic (exact) mass is 248 g/mol. The number of ether oxygens (including phenoxy) is 1. The summed E-state index contributed by atoms with van der Waals surface area (Å²) in [6, 6.07) is 0.614. The number of carbonyl (C=O) groups excluding carboxylic acids is 1. The quantitative estimate of drug-likeness (QED) is 0.727. The summed E-state index contributed by atoms with van der Waals surface area (Å²) in [5.41, 5.74) is 0. The van der Waals surface area contributed by atoms with Crippen molar-refractivity contribution in [1.82, 2.24) is 10.2 Å². The molecule has 2 aliphatic rings. The molecule has 2 heterocycles. The molecule has 98 valence electrons. The molecule has 2 rings (SSSR count). The number of nitrogens with one attached hydrogen (secondary N) is 1. The molecule has 0 amide bonds. The molecule has 0 aromatic heterocycles. The van der Waals surface area contributed by atoms with Crippen LogP contribution in [0, 0.1) is 0 Å². The van der Waals surface area contributed by atoms with Crippen LogP contribution in [-0.4, -0.2) is 54.6 Å². The topological polar surface area (TPSA) is 41.6 Å². The maximum atomic E-state index is 13.0. The number of cyclic esters (lactones) is 1. The van der Waals surface area contributed by atoms with Gasteiger partial charge < -0.3 is 10.1 Å². The van der Waals surface area contributed by atoms with Gasteiger partial charge in [-0.1, -0.05) is 0 Å². The summed E-state index contributed by atoms with van der Waals surface area (Å²) in [7, 11) is 0. The number of nitrogens with zero attached hydrogens (tertiary/aromatic N) is 1. The van der Waals surface area contributed by atoms with Gasteiger partial charge in [0.1, 0.15) is 6.10 Å². The maximum absolute atomic E-state index is 13.0. The highest BCUT2D eigenvalue weighted by Gasteiger charge is 2.51. The number of carbonyl (C=O) groups is 1. The van der Waals surface area contributed by atoms with Gasteiger partial charge in [0.2, 0.25) is 0 Å². The largest absolute Gasteiger partial charge is 0.456 e. The first-order chi connectivity index (χ1) is 7.88. The van der Waals surface area contributed by atoms with E-state index >= 15 is 0 Å². The van der Waals surface area contributed by atoms with Crippen molar-refractivity contribution in [3.63, 3.8) is 0 Å². The second kappa shape index (κ2) is 4.49. The fraction of sp³-hybridized carbons (Fsp3) is 0.909. The molecule has 2 aliphatic heterocycles. The van der Waals surface area contributed by atoms with Gasteiger partial charge in [0.15, 0.2) is 0 Å². The van der Waals surface area contributed by atoms with Crippen molar-refractivity contribution < 1.29 is 18.3 Å². The molecule has 0 aliphatic carbocycles. The van der Waals surface area contributed by atoms with Gasteiger partial charge in [-0.15, -0.1) is 0 Å². The third-order valence-electron chi connectivity index (χ3n) is 3.39. The van der Waals surface area contributed by atoms with Gasteiger partial charge in [-0.2, -0.15) is 8.78 Å². The highest BCUT2D eigenvalue weighted by Crippen LogP contribution is 2.31. The van der Waals surface area contributed by atoms with Crippen molar-refractivity contribution in [3.05, 3.63) is 0 Å². The zero-order chi connectivity index (χ0) is 12.6. The fourth-order valence-corrected chi connectivity index (χ4v) is 2.36. The third kappa shape index (κ3) is 2.74. The van der Waals surface area contributed by atoms with E-state index in [2.05, 4.69) is 10.2 Å². The normalized spacial score (nSPS) is 38.1. The molecule has 0 saturated carbocycles. The van der Waals surface area contributed by atoms with Crippen molar-refractivity contribution >= 4 is 5.97 Å². The van der Waals surface area contributed by atoms with Crippen LogP contribution in [0.4, 0.5) is 8.78 Å². The summed E-state index contributed by atoms with van der Waals surface area (Å²) in [6.45, 7) is 6.11. The molecule has 3 unspecified atom stereocenters. The lowest BCUT2D eigenvalue weighted by atomic mass is 10.1. The van der Waals surface area contributed by atoms with Crippen LogP contribution >= 0.6 is 0 Å². The van der Waals surface area contributed by atoms with E-state index in [1.165, 1.54) is 0 Å². The van der Waals surface area contributed by atoms with Crippen molar-refractivity contribution in [3.8, 4) is 0 Å². The summed E-state index contributed by atoms with van der Waals surface area (Å²) in [5.74, 6) is -4.67. The van der Waals surface area contributed by atoms with Crippen LogP contribution in [0.15, 0.2) is 0 Å². The molecule has 0 spiro atoms. The van der Waals surface area contributed by atoms with E-state index in [4.69, 9.17) is 4.74 Å². The van der Waals surface area contributed by atoms with E-state index in [9.17, 15) is 13.6 Å². The molecule has 2 saturated heterocycles. The Bertz CT molecular complexity index is 312. The molecule has 1 N–H and O–H groups in total. The molecule has 2 fully saturated rings. The Labute approximate surface area is 99.3 Å². The Kier molecular flexibility index (Phi) is 3.36. The van der Waals surface area contributed by atoms with Gasteiger partial charge in [-0.05, 0) is 13.8 Å². The van der Waals surface area contributed by atoms with E-state index in [0.29, 0.717) is 12.6 Å². The highest BCUT2D eigenvalue weighted by molar-refractivity contribution is 5.79. The van der Waals surface area contributed by atoms with E-state index in [0.717, 1.165) is 13.1 Å². The smallest absolute Gasteiger partial charge is 0.377 e. The minimum absolute atomic E-state index is 0.277. The molecule has 0 bridgehead atoms. The van der Waals surface area contributed by atoms with Crippen LogP contribution in [-0.2, 0) is 9.53 Å². The van der Waals surface area contributed by atoms with Crippen molar-refractivity contribution in [2.24, 2.45) is 0 Å². The first-order valence-corrected chi connectivity index (χ1v) is 5.95. The second-order valence-corrected chi connectivity index (χ2v) is 5.05. The van der Waals surface area contributed by atoms with Gasteiger partial charge in [-0.25, -0.2) is 4.79 Å². The molecule has 4 nitrogen and oxygen atoms in total. The zero-order valence-corrected chi connectivity index (χ0v) is 10.1. The number of rotatable bonds is 2. The Morgan fingerprint density at radius 2 is 2.24 bits per heavy atom. The number of hydrogen-bond acceptors (Lipinski definition) is 4. The second-order valence-electron chi connectivity index (χ2n) is 5.05. The average Bonchev–Trinajstić information content (AvgIpc) is 2.46. The molecule has 0 aromatic rings. The SMILES string of the molecule is CC1CN(CC2CC(F)(F)C(=O)O2)C(C)CN1. The predicted molar refractivity (Wildman–Crippen MR) is 57.9 cm³/mol. The first-order valence-electron chi connectivity index (χ1n) is 5.95. The minimum Gasteiger partial charge on any atom is -0.456 e. The Morgan fingerprint density at radius 1 is 1.53 bits per heavy atom. The summed E-state index contributed by atoms with van der Waals surface area (Å²) >= 11 is 0. The molecule has 0 aromatic carbocycles. The molecule has 3 atom stereocenters. The van der Waals surface area contributed by atoms with E-state index in [1.807, 2.05) is 13.8 Å². The van der Waals surface area contributed by atoms with Crippen LogP contribution in [0.3, 0.4) is 0 Å². The van der Waals surface area contributed by atoms with Gasteiger partial charge >= 0.3 is 11.9 Å². The van der Waals surface area contributed by atoms with Gasteiger partial charge in [0, 0.05) is 31.7 Å². The van der Waals surface area contributed by atoms with Crippen LogP contribution in [0.2, 0.25) is 0 Å². The number of hydrogen-bond donors (Lipinski definition) is 1. The number of piperazine rings is 1. The molecule has 6 heteroatoms. The van der Waals surface area contributed by atoms with E-state index in [-0.39, 0.29) is 6.04 Å². The molecule has 0 radical (unpaired) electrons. The zero-order valence-electron chi connectivity index (χ0n) is 10.1. The van der Waals surface area contributed by atoms with Crippen LogP contribution in [0.25, 0.3) is 0 Å². The van der Waals surface area contributed by atoms with Crippen molar-refractivity contribution in [2.75, 3.05) is 19.6 Å². The summed E-state index contributed by atoms with van der Waals surface area (Å²) < 4.78 is 30.7. The Balaban J connectivity index is 1.91. The first kappa shape index (κ1) is 12.7. The van der Waals surface area contributed by atoms with Crippen LogP contribution in [0.1, 0.15) is 20.3 Å². The van der Waals surface area contributed by atoms with Crippen LogP contribution < -0.4 is 5.32 Å². The number of halogens is 2. The summed E-state index contributed by atoms with van der Waals surface area (Å²) in [4.78, 5) is 13.0. The van der Waals surface area contributed by atoms with E-state index in [1.54, 1.807) is 0 Å². The maximum Gasteiger partial charge on any atom is 0.377 e. The van der Waals surface area contributed by atoms with Crippen molar-refractivity contribution in [2.45, 2.75) is 44.4 Å². The number of alkyl halides is 2. The summed E-state index contributed by atoms with van der Waals surface area (Å²) in [5, 5.41) is 3.31. The van der Waals surface area contributed by atoms with Crippen molar-refractivity contribution in [1.29, 1.82) is 0 Å². The van der Waals surface area contributed by atoms with Crippen LogP contribution in [0.5, 0.6) is 0 Å². The number of esters is 1. The predicted octanol–water partition coefficient (Wildman–Crippen LogP) is 0.619. The highest BCUT2D eigenvalue weighted by atomic mass is 19.3. The summed E-state index contributed by atoms with van der Waals surface area (Å²) in [6.07, 6.45) is -1.16. The van der Waals surface area contributed by atoms with Gasteiger partial charge in [-0.3, -0.25) is 4.90 Å². The lowest BCUT2D eigenvalue weighted by Crippen LogP contribution is -2.55. The average molecular weight is 248 g/mol. The molecule has 17 heavy (non-hydrogen) atoms. The fourth-order valence-electron chi connectivity index (χ4n) is 2.36. The Morgan fingerprint density at radius 3 is 2.82 bits per heavy atom. The van der Waals surface area contributed by atoms with Gasteiger partial charge in [0.25, 0.3) is 0 Å².